The number of hydrogen-bond acceptors (Lipinski definition) is 6. The van der Waals surface area contributed by atoms with Crippen LogP contribution in [0.1, 0.15) is 12.5 Å². The van der Waals surface area contributed by atoms with Crippen molar-refractivity contribution in [2.45, 2.75) is 19.5 Å². The van der Waals surface area contributed by atoms with E-state index in [9.17, 15) is 4.79 Å². The largest absolute Gasteiger partial charge is 0.380 e. The number of hydrogen-bond donors (Lipinski definition) is 3. The predicted octanol–water partition coefficient (Wildman–Crippen LogP) is 0.746. The summed E-state index contributed by atoms with van der Waals surface area (Å²) in [5, 5.41) is 8.31. The number of carbonyl (C=O) groups is 1. The van der Waals surface area contributed by atoms with E-state index in [0.29, 0.717) is 22.8 Å². The van der Waals surface area contributed by atoms with Crippen LogP contribution in [0.15, 0.2) is 44.6 Å². The van der Waals surface area contributed by atoms with E-state index in [1.807, 2.05) is 19.1 Å². The highest BCUT2D eigenvalue weighted by Crippen LogP contribution is 2.17. The molecular formula is C16H20ClN6OP. The van der Waals surface area contributed by atoms with E-state index in [4.69, 9.17) is 17.3 Å². The molecule has 1 aliphatic heterocycles. The Morgan fingerprint density at radius 1 is 1.56 bits per heavy atom. The molecule has 1 amide bonds. The molecule has 0 radical (unpaired) electrons. The number of aliphatic imine (C=N–C) groups is 2. The van der Waals surface area contributed by atoms with Crippen molar-refractivity contribution in [3.8, 4) is 0 Å². The van der Waals surface area contributed by atoms with Crippen LogP contribution in [0.25, 0.3) is 0 Å². The van der Waals surface area contributed by atoms with Gasteiger partial charge in [0.05, 0.1) is 6.04 Å². The Labute approximate surface area is 153 Å². The van der Waals surface area contributed by atoms with E-state index in [1.165, 1.54) is 7.05 Å². The summed E-state index contributed by atoms with van der Waals surface area (Å²) in [7, 11) is 4.09. The van der Waals surface area contributed by atoms with Gasteiger partial charge < -0.3 is 16.5 Å². The maximum Gasteiger partial charge on any atom is 0.270 e. The molecule has 1 unspecified atom stereocenters. The van der Waals surface area contributed by atoms with Gasteiger partial charge >= 0.3 is 0 Å². The van der Waals surface area contributed by atoms with Crippen LogP contribution >= 0.6 is 20.8 Å². The highest BCUT2D eigenvalue weighted by molar-refractivity contribution is 7.28. The lowest BCUT2D eigenvalue weighted by atomic mass is 9.98. The fourth-order valence-corrected chi connectivity index (χ4v) is 2.78. The normalized spacial score (nSPS) is 17.7. The SMILES string of the molecule is C=NC1=C(C(=NC)C(=O)NCc2ccc(P)c(Cl)c2)[C@@H](C)NN=C1N. The second-order valence-electron chi connectivity index (χ2n) is 5.38. The van der Waals surface area contributed by atoms with Gasteiger partial charge in [0.25, 0.3) is 5.91 Å². The van der Waals surface area contributed by atoms with Crippen LogP contribution in [0.3, 0.4) is 0 Å². The molecule has 0 aromatic heterocycles. The first-order valence-corrected chi connectivity index (χ1v) is 8.43. The van der Waals surface area contributed by atoms with Crippen LogP contribution in [0, 0.1) is 0 Å². The third-order valence-corrected chi connectivity index (χ3v) is 4.69. The summed E-state index contributed by atoms with van der Waals surface area (Å²) >= 11 is 6.09. The van der Waals surface area contributed by atoms with Gasteiger partial charge in [-0.25, -0.2) is 0 Å². The zero-order chi connectivity index (χ0) is 18.6. The standard InChI is InChI=1S/C16H20ClN6OP/c1-8-12(13(19-2)15(18)23-22-8)14(20-3)16(24)21-7-9-4-5-11(25)10(17)6-9/h4-6,8,22H,2,7,25H2,1,3H3,(H2,18,23)(H,21,24)/t8-/m1/s1. The lowest BCUT2D eigenvalue weighted by Gasteiger charge is -2.23. The fraction of sp³-hybridized carbons (Fsp3) is 0.250. The van der Waals surface area contributed by atoms with Crippen LogP contribution < -0.4 is 21.8 Å². The average Bonchev–Trinajstić information content (AvgIpc) is 2.59. The van der Waals surface area contributed by atoms with Gasteiger partial charge in [0, 0.05) is 24.2 Å². The van der Waals surface area contributed by atoms with E-state index in [0.717, 1.165) is 10.9 Å². The van der Waals surface area contributed by atoms with Crippen molar-refractivity contribution in [1.29, 1.82) is 0 Å². The van der Waals surface area contributed by atoms with Gasteiger partial charge in [-0.2, -0.15) is 5.10 Å². The monoisotopic (exact) mass is 378 g/mol. The Hall–Kier alpha value is -2.24. The summed E-state index contributed by atoms with van der Waals surface area (Å²) in [5.41, 5.74) is 10.7. The van der Waals surface area contributed by atoms with E-state index in [-0.39, 0.29) is 23.5 Å². The number of halogens is 1. The summed E-state index contributed by atoms with van der Waals surface area (Å²) in [6.07, 6.45) is 0. The van der Waals surface area contributed by atoms with Gasteiger partial charge in [-0.1, -0.05) is 23.7 Å². The van der Waals surface area contributed by atoms with Crippen LogP contribution in [0.5, 0.6) is 0 Å². The van der Waals surface area contributed by atoms with Crippen molar-refractivity contribution in [3.63, 3.8) is 0 Å². The third kappa shape index (κ3) is 4.24. The van der Waals surface area contributed by atoms with Crippen molar-refractivity contribution in [1.82, 2.24) is 10.7 Å². The lowest BCUT2D eigenvalue weighted by molar-refractivity contribution is -0.114. The molecule has 25 heavy (non-hydrogen) atoms. The van der Waals surface area contributed by atoms with E-state index in [1.54, 1.807) is 6.07 Å². The summed E-state index contributed by atoms with van der Waals surface area (Å²) in [6, 6.07) is 5.29. The molecule has 2 atom stereocenters. The number of benzene rings is 1. The lowest BCUT2D eigenvalue weighted by Crippen LogP contribution is -2.42. The van der Waals surface area contributed by atoms with Gasteiger partial charge in [-0.15, -0.1) is 9.24 Å². The van der Waals surface area contributed by atoms with Gasteiger partial charge in [0.2, 0.25) is 0 Å². The van der Waals surface area contributed by atoms with Crippen molar-refractivity contribution < 1.29 is 4.79 Å². The van der Waals surface area contributed by atoms with Gasteiger partial charge in [-0.3, -0.25) is 14.8 Å². The minimum atomic E-state index is -0.340. The molecule has 132 valence electrons. The van der Waals surface area contributed by atoms with Crippen molar-refractivity contribution >= 4 is 50.3 Å². The Kier molecular flexibility index (Phi) is 6.28. The molecule has 1 heterocycles. The molecule has 7 nitrogen and oxygen atoms in total. The molecular weight excluding hydrogens is 359 g/mol. The molecule has 0 bridgehead atoms. The number of nitrogens with zero attached hydrogens (tertiary/aromatic N) is 3. The van der Waals surface area contributed by atoms with Gasteiger partial charge in [-0.05, 0) is 30.6 Å². The molecule has 1 aromatic rings. The molecule has 0 aliphatic carbocycles. The number of carbonyl (C=O) groups excluding carboxylic acids is 1. The summed E-state index contributed by atoms with van der Waals surface area (Å²) in [5.74, 6) is -0.173. The van der Waals surface area contributed by atoms with Crippen LogP contribution in [0.2, 0.25) is 5.02 Å². The van der Waals surface area contributed by atoms with E-state index >= 15 is 0 Å². The first-order chi connectivity index (χ1) is 11.9. The number of amides is 1. The highest BCUT2D eigenvalue weighted by Gasteiger charge is 2.28. The number of nitrogens with two attached hydrogens (primary N) is 1. The highest BCUT2D eigenvalue weighted by atomic mass is 35.5. The van der Waals surface area contributed by atoms with E-state index in [2.05, 4.69) is 41.8 Å². The number of hydrazone groups is 1. The first kappa shape index (κ1) is 19.1. The first-order valence-electron chi connectivity index (χ1n) is 7.48. The Morgan fingerprint density at radius 2 is 2.28 bits per heavy atom. The number of nitrogens with one attached hydrogen (secondary N) is 2. The van der Waals surface area contributed by atoms with Crippen molar-refractivity contribution in [2.75, 3.05) is 7.05 Å². The molecule has 0 fully saturated rings. The molecule has 0 saturated heterocycles. The minimum Gasteiger partial charge on any atom is -0.380 e. The Morgan fingerprint density at radius 3 is 2.88 bits per heavy atom. The fourth-order valence-electron chi connectivity index (χ4n) is 2.40. The minimum absolute atomic E-state index is 0.167. The third-order valence-electron chi connectivity index (χ3n) is 3.68. The van der Waals surface area contributed by atoms with E-state index < -0.39 is 0 Å². The average molecular weight is 379 g/mol. The summed E-state index contributed by atoms with van der Waals surface area (Å²) in [6.45, 7) is 5.66. The zero-order valence-electron chi connectivity index (χ0n) is 14.0. The van der Waals surface area contributed by atoms with Crippen molar-refractivity contribution in [3.05, 3.63) is 40.1 Å². The van der Waals surface area contributed by atoms with Crippen LogP contribution in [-0.2, 0) is 11.3 Å². The second-order valence-corrected chi connectivity index (χ2v) is 6.41. The molecule has 1 aromatic carbocycles. The summed E-state index contributed by atoms with van der Waals surface area (Å²) < 4.78 is 0. The quantitative estimate of drug-likeness (QED) is 0.520. The van der Waals surface area contributed by atoms with Crippen molar-refractivity contribution in [2.24, 2.45) is 20.8 Å². The van der Waals surface area contributed by atoms with Gasteiger partial charge in [0.1, 0.15) is 11.4 Å². The summed E-state index contributed by atoms with van der Waals surface area (Å²) in [4.78, 5) is 20.7. The second kappa shape index (κ2) is 8.23. The number of amidine groups is 1. The smallest absolute Gasteiger partial charge is 0.270 e. The maximum atomic E-state index is 12.6. The molecule has 0 spiro atoms. The predicted molar refractivity (Wildman–Crippen MR) is 107 cm³/mol. The molecule has 4 N–H and O–H groups in total. The molecule has 9 heteroatoms. The zero-order valence-corrected chi connectivity index (χ0v) is 15.9. The number of rotatable bonds is 5. The Bertz CT molecular complexity index is 802. The van der Waals surface area contributed by atoms with Gasteiger partial charge in [0.15, 0.2) is 5.84 Å². The molecule has 1 aliphatic rings. The van der Waals surface area contributed by atoms with Crippen LogP contribution in [0.4, 0.5) is 0 Å². The maximum absolute atomic E-state index is 12.6. The van der Waals surface area contributed by atoms with Crippen LogP contribution in [-0.4, -0.2) is 37.3 Å². The Balaban J connectivity index is 2.22. The molecule has 2 rings (SSSR count). The molecule has 0 saturated carbocycles. The topological polar surface area (TPSA) is 104 Å².